The van der Waals surface area contributed by atoms with Gasteiger partial charge in [-0.15, -0.1) is 0 Å². The Morgan fingerprint density at radius 1 is 1.12 bits per heavy atom. The maximum absolute atomic E-state index is 6.21. The summed E-state index contributed by atoms with van der Waals surface area (Å²) in [5.41, 5.74) is 4.87. The molecule has 0 bridgehead atoms. The number of hydrogen-bond acceptors (Lipinski definition) is 3. The summed E-state index contributed by atoms with van der Waals surface area (Å²) in [6, 6.07) is 19.4. The largest absolute Gasteiger partial charge is 0.473 e. The molecule has 3 aromatic rings. The Hall–Kier alpha value is -2.39. The van der Waals surface area contributed by atoms with Crippen LogP contribution in [0.1, 0.15) is 43.4 Å². The second-order valence-corrected chi connectivity index (χ2v) is 7.61. The first kappa shape index (κ1) is 17.0. The van der Waals surface area contributed by atoms with Crippen molar-refractivity contribution < 1.29 is 4.74 Å². The third kappa shape index (κ3) is 3.45. The monoisotopic (exact) mass is 346 g/mol. The number of aromatic nitrogens is 1. The van der Waals surface area contributed by atoms with Gasteiger partial charge in [-0.3, -0.25) is 4.90 Å². The standard InChI is InChI=1S/C23H26N2O/c1-16(2)21-11-7-10-19-12-20-15-25(14-18-8-5-4-6-9-18)13-17(3)26-23(20)24-22(19)21/h4-12,16-17H,13-15H2,1-3H3/t17-/m0/s1. The van der Waals surface area contributed by atoms with Crippen LogP contribution in [0.2, 0.25) is 0 Å². The minimum Gasteiger partial charge on any atom is -0.473 e. The van der Waals surface area contributed by atoms with Crippen molar-refractivity contribution in [2.45, 2.75) is 45.9 Å². The molecule has 0 radical (unpaired) electrons. The van der Waals surface area contributed by atoms with Crippen molar-refractivity contribution in [3.8, 4) is 5.88 Å². The van der Waals surface area contributed by atoms with Crippen molar-refractivity contribution in [2.75, 3.05) is 6.54 Å². The zero-order valence-electron chi connectivity index (χ0n) is 15.8. The summed E-state index contributed by atoms with van der Waals surface area (Å²) >= 11 is 0. The maximum Gasteiger partial charge on any atom is 0.218 e. The molecule has 134 valence electrons. The molecule has 0 spiro atoms. The van der Waals surface area contributed by atoms with Crippen molar-refractivity contribution in [3.63, 3.8) is 0 Å². The number of nitrogens with zero attached hydrogens (tertiary/aromatic N) is 2. The summed E-state index contributed by atoms with van der Waals surface area (Å²) in [6.45, 7) is 9.26. The number of fused-ring (bicyclic) bond motifs is 2. The summed E-state index contributed by atoms with van der Waals surface area (Å²) in [5.74, 6) is 1.25. The molecule has 0 unspecified atom stereocenters. The van der Waals surface area contributed by atoms with Crippen molar-refractivity contribution >= 4 is 10.9 Å². The highest BCUT2D eigenvalue weighted by Crippen LogP contribution is 2.31. The SMILES string of the molecule is CC(C)c1cccc2cc3c(nc12)O[C@@H](C)CN(Cc1ccccc1)C3. The van der Waals surface area contributed by atoms with Gasteiger partial charge in [-0.05, 0) is 30.0 Å². The molecule has 3 heteroatoms. The van der Waals surface area contributed by atoms with E-state index in [1.165, 1.54) is 22.1 Å². The lowest BCUT2D eigenvalue weighted by Crippen LogP contribution is -2.30. The zero-order valence-corrected chi connectivity index (χ0v) is 15.8. The highest BCUT2D eigenvalue weighted by atomic mass is 16.5. The van der Waals surface area contributed by atoms with E-state index < -0.39 is 0 Å². The molecule has 3 nitrogen and oxygen atoms in total. The van der Waals surface area contributed by atoms with E-state index in [2.05, 4.69) is 80.3 Å². The fourth-order valence-electron chi connectivity index (χ4n) is 3.79. The Bertz CT molecular complexity index is 905. The van der Waals surface area contributed by atoms with Gasteiger partial charge in [0.1, 0.15) is 6.10 Å². The Balaban J connectivity index is 1.71. The molecular weight excluding hydrogens is 320 g/mol. The highest BCUT2D eigenvalue weighted by Gasteiger charge is 2.22. The van der Waals surface area contributed by atoms with Crippen LogP contribution in [0.25, 0.3) is 10.9 Å². The van der Waals surface area contributed by atoms with Crippen LogP contribution in [-0.4, -0.2) is 22.5 Å². The topological polar surface area (TPSA) is 25.4 Å². The first-order valence-electron chi connectivity index (χ1n) is 9.45. The average Bonchev–Trinajstić information content (AvgIpc) is 2.76. The second-order valence-electron chi connectivity index (χ2n) is 7.61. The number of benzene rings is 2. The smallest absolute Gasteiger partial charge is 0.218 e. The highest BCUT2D eigenvalue weighted by molar-refractivity contribution is 5.83. The lowest BCUT2D eigenvalue weighted by molar-refractivity contribution is 0.153. The lowest BCUT2D eigenvalue weighted by atomic mass is 9.99. The molecule has 0 amide bonds. The van der Waals surface area contributed by atoms with Gasteiger partial charge in [-0.1, -0.05) is 62.4 Å². The van der Waals surface area contributed by atoms with Gasteiger partial charge in [0.25, 0.3) is 0 Å². The molecule has 1 atom stereocenters. The van der Waals surface area contributed by atoms with Gasteiger partial charge in [0.2, 0.25) is 5.88 Å². The van der Waals surface area contributed by atoms with Gasteiger partial charge in [0.05, 0.1) is 5.52 Å². The summed E-state index contributed by atoms with van der Waals surface area (Å²) in [6.07, 6.45) is 0.121. The lowest BCUT2D eigenvalue weighted by Gasteiger charge is -2.21. The summed E-state index contributed by atoms with van der Waals surface area (Å²) < 4.78 is 6.21. The molecule has 0 saturated carbocycles. The van der Waals surface area contributed by atoms with Crippen LogP contribution in [0.3, 0.4) is 0 Å². The molecule has 2 heterocycles. The number of hydrogen-bond donors (Lipinski definition) is 0. The molecule has 4 rings (SSSR count). The second kappa shape index (κ2) is 7.08. The average molecular weight is 346 g/mol. The van der Waals surface area contributed by atoms with Crippen molar-refractivity contribution in [1.82, 2.24) is 9.88 Å². The van der Waals surface area contributed by atoms with Gasteiger partial charge in [-0.25, -0.2) is 4.98 Å². The molecule has 0 N–H and O–H groups in total. The fourth-order valence-corrected chi connectivity index (χ4v) is 3.79. The molecule has 1 aliphatic heterocycles. The van der Waals surface area contributed by atoms with Gasteiger partial charge >= 0.3 is 0 Å². The van der Waals surface area contributed by atoms with Gasteiger partial charge < -0.3 is 4.74 Å². The van der Waals surface area contributed by atoms with Crippen LogP contribution in [0, 0.1) is 0 Å². The van der Waals surface area contributed by atoms with E-state index in [4.69, 9.17) is 9.72 Å². The van der Waals surface area contributed by atoms with Crippen LogP contribution < -0.4 is 4.74 Å². The predicted molar refractivity (Wildman–Crippen MR) is 106 cm³/mol. The summed E-state index contributed by atoms with van der Waals surface area (Å²) in [4.78, 5) is 7.39. The summed E-state index contributed by atoms with van der Waals surface area (Å²) in [5, 5.41) is 1.20. The third-order valence-corrected chi connectivity index (χ3v) is 5.01. The summed E-state index contributed by atoms with van der Waals surface area (Å²) in [7, 11) is 0. The Kier molecular flexibility index (Phi) is 4.64. The number of pyridine rings is 1. The van der Waals surface area contributed by atoms with E-state index in [0.29, 0.717) is 5.92 Å². The molecule has 26 heavy (non-hydrogen) atoms. The molecule has 0 saturated heterocycles. The third-order valence-electron chi connectivity index (χ3n) is 5.01. The first-order valence-corrected chi connectivity index (χ1v) is 9.45. The normalized spacial score (nSPS) is 17.8. The van der Waals surface area contributed by atoms with E-state index in [9.17, 15) is 0 Å². The van der Waals surface area contributed by atoms with E-state index in [1.54, 1.807) is 0 Å². The zero-order chi connectivity index (χ0) is 18.1. The Morgan fingerprint density at radius 2 is 1.92 bits per heavy atom. The maximum atomic E-state index is 6.21. The predicted octanol–water partition coefficient (Wildman–Crippen LogP) is 5.14. The minimum absolute atomic E-state index is 0.121. The number of ether oxygens (including phenoxy) is 1. The van der Waals surface area contributed by atoms with Gasteiger partial charge in [-0.2, -0.15) is 0 Å². The van der Waals surface area contributed by atoms with Crippen LogP contribution >= 0.6 is 0 Å². The molecule has 1 aromatic heterocycles. The van der Waals surface area contributed by atoms with E-state index >= 15 is 0 Å². The van der Waals surface area contributed by atoms with E-state index in [0.717, 1.165) is 31.0 Å². The van der Waals surface area contributed by atoms with Crippen molar-refractivity contribution in [1.29, 1.82) is 0 Å². The first-order chi connectivity index (χ1) is 12.6. The number of para-hydroxylation sites is 1. The van der Waals surface area contributed by atoms with Crippen LogP contribution in [0.4, 0.5) is 0 Å². The molecule has 0 fully saturated rings. The Morgan fingerprint density at radius 3 is 2.69 bits per heavy atom. The quantitative estimate of drug-likeness (QED) is 0.656. The number of rotatable bonds is 3. The van der Waals surface area contributed by atoms with Crippen molar-refractivity contribution in [2.24, 2.45) is 0 Å². The minimum atomic E-state index is 0.121. The van der Waals surface area contributed by atoms with Crippen molar-refractivity contribution in [3.05, 3.63) is 71.3 Å². The molecule has 2 aromatic carbocycles. The van der Waals surface area contributed by atoms with Crippen LogP contribution in [-0.2, 0) is 13.1 Å². The fraction of sp³-hybridized carbons (Fsp3) is 0.348. The van der Waals surface area contributed by atoms with Crippen LogP contribution in [0.5, 0.6) is 5.88 Å². The van der Waals surface area contributed by atoms with E-state index in [1.807, 2.05) is 0 Å². The van der Waals surface area contributed by atoms with Crippen LogP contribution in [0.15, 0.2) is 54.6 Å². The Labute approximate surface area is 155 Å². The molecular formula is C23H26N2O. The van der Waals surface area contributed by atoms with Gasteiger partial charge in [0.15, 0.2) is 0 Å². The van der Waals surface area contributed by atoms with E-state index in [-0.39, 0.29) is 6.10 Å². The molecule has 1 aliphatic rings. The van der Waals surface area contributed by atoms with Gasteiger partial charge in [0, 0.05) is 30.6 Å². The molecule has 0 aliphatic carbocycles.